The number of anilines is 1. The van der Waals surface area contributed by atoms with Gasteiger partial charge in [0.15, 0.2) is 0 Å². The molecule has 0 radical (unpaired) electrons. The summed E-state index contributed by atoms with van der Waals surface area (Å²) < 4.78 is 25.7. The van der Waals surface area contributed by atoms with Crippen molar-refractivity contribution in [1.82, 2.24) is 4.98 Å². The van der Waals surface area contributed by atoms with Crippen LogP contribution in [-0.2, 0) is 9.84 Å². The summed E-state index contributed by atoms with van der Waals surface area (Å²) >= 11 is 1.20. The summed E-state index contributed by atoms with van der Waals surface area (Å²) in [4.78, 5) is 4.22. The van der Waals surface area contributed by atoms with E-state index in [2.05, 4.69) is 4.98 Å². The predicted molar refractivity (Wildman–Crippen MR) is 80.2 cm³/mol. The number of nitrogens with two attached hydrogens (primary N) is 1. The van der Waals surface area contributed by atoms with Crippen LogP contribution >= 0.6 is 11.3 Å². The van der Waals surface area contributed by atoms with Crippen molar-refractivity contribution in [2.75, 3.05) is 11.5 Å². The Labute approximate surface area is 117 Å². The van der Waals surface area contributed by atoms with E-state index < -0.39 is 9.84 Å². The molecule has 0 saturated carbocycles. The van der Waals surface area contributed by atoms with E-state index in [1.807, 2.05) is 13.8 Å². The van der Waals surface area contributed by atoms with E-state index in [1.165, 1.54) is 11.3 Å². The van der Waals surface area contributed by atoms with Gasteiger partial charge in [-0.15, -0.1) is 11.3 Å². The third-order valence-corrected chi connectivity index (χ3v) is 6.63. The first kappa shape index (κ1) is 14.3. The van der Waals surface area contributed by atoms with Crippen molar-refractivity contribution in [1.29, 1.82) is 0 Å². The van der Waals surface area contributed by atoms with Crippen molar-refractivity contribution in [3.63, 3.8) is 0 Å². The lowest BCUT2D eigenvalue weighted by atomic mass is 10.1. The Hall–Kier alpha value is -1.14. The van der Waals surface area contributed by atoms with Gasteiger partial charge in [0.05, 0.1) is 16.0 Å². The van der Waals surface area contributed by atoms with E-state index in [1.54, 1.807) is 18.2 Å². The van der Waals surface area contributed by atoms with Crippen molar-refractivity contribution >= 4 is 37.1 Å². The standard InChI is InChI=1S/C13H18N2O2S2/c1-3-9(4-2)8-19(16,17)13-15-11-6-5-10(14)7-12(11)18-13/h5-7,9H,3-4,8,14H2,1-2H3. The highest BCUT2D eigenvalue weighted by molar-refractivity contribution is 7.93. The molecule has 0 saturated heterocycles. The minimum Gasteiger partial charge on any atom is -0.399 e. The van der Waals surface area contributed by atoms with Gasteiger partial charge in [-0.25, -0.2) is 13.4 Å². The van der Waals surface area contributed by atoms with Crippen LogP contribution in [0.2, 0.25) is 0 Å². The zero-order chi connectivity index (χ0) is 14.0. The number of hydrogen-bond donors (Lipinski definition) is 1. The third kappa shape index (κ3) is 3.06. The molecule has 104 valence electrons. The maximum Gasteiger partial charge on any atom is 0.210 e. The Bertz CT molecular complexity index is 673. The average Bonchev–Trinajstić information content (AvgIpc) is 2.79. The molecule has 1 heterocycles. The van der Waals surface area contributed by atoms with Crippen LogP contribution in [-0.4, -0.2) is 19.2 Å². The molecular formula is C13H18N2O2S2. The van der Waals surface area contributed by atoms with Crippen molar-refractivity contribution in [2.45, 2.75) is 31.0 Å². The number of nitrogen functional groups attached to an aromatic ring is 1. The Balaban J connectivity index is 2.37. The zero-order valence-electron chi connectivity index (χ0n) is 11.1. The molecule has 0 aliphatic rings. The molecule has 19 heavy (non-hydrogen) atoms. The second-order valence-electron chi connectivity index (χ2n) is 4.67. The molecule has 0 unspecified atom stereocenters. The molecule has 0 amide bonds. The highest BCUT2D eigenvalue weighted by Crippen LogP contribution is 2.29. The lowest BCUT2D eigenvalue weighted by Crippen LogP contribution is -2.15. The van der Waals surface area contributed by atoms with E-state index in [-0.39, 0.29) is 16.0 Å². The fourth-order valence-electron chi connectivity index (χ4n) is 1.96. The van der Waals surface area contributed by atoms with Crippen molar-refractivity contribution in [3.05, 3.63) is 18.2 Å². The summed E-state index contributed by atoms with van der Waals surface area (Å²) in [5.41, 5.74) is 7.02. The summed E-state index contributed by atoms with van der Waals surface area (Å²) in [6.07, 6.45) is 1.74. The average molecular weight is 298 g/mol. The fourth-order valence-corrected chi connectivity index (χ4v) is 5.16. The molecule has 6 heteroatoms. The third-order valence-electron chi connectivity index (χ3n) is 3.27. The van der Waals surface area contributed by atoms with Crippen LogP contribution in [0.1, 0.15) is 26.7 Å². The predicted octanol–water partition coefficient (Wildman–Crippen LogP) is 3.09. The number of hydrogen-bond acceptors (Lipinski definition) is 5. The molecule has 0 aliphatic heterocycles. The molecule has 2 N–H and O–H groups in total. The van der Waals surface area contributed by atoms with E-state index in [9.17, 15) is 8.42 Å². The first-order valence-corrected chi connectivity index (χ1v) is 8.82. The van der Waals surface area contributed by atoms with Crippen LogP contribution in [0.5, 0.6) is 0 Å². The molecule has 0 atom stereocenters. The van der Waals surface area contributed by atoms with Gasteiger partial charge in [0, 0.05) is 5.69 Å². The summed E-state index contributed by atoms with van der Waals surface area (Å²) in [7, 11) is -3.29. The number of aromatic nitrogens is 1. The van der Waals surface area contributed by atoms with Gasteiger partial charge in [0.1, 0.15) is 0 Å². The van der Waals surface area contributed by atoms with Crippen LogP contribution in [0.4, 0.5) is 5.69 Å². The highest BCUT2D eigenvalue weighted by Gasteiger charge is 2.23. The molecule has 2 aromatic rings. The molecule has 0 fully saturated rings. The zero-order valence-corrected chi connectivity index (χ0v) is 12.7. The maximum absolute atomic E-state index is 12.3. The van der Waals surface area contributed by atoms with Crippen LogP contribution in [0, 0.1) is 5.92 Å². The van der Waals surface area contributed by atoms with Gasteiger partial charge in [-0.3, -0.25) is 0 Å². The largest absolute Gasteiger partial charge is 0.399 e. The van der Waals surface area contributed by atoms with Crippen LogP contribution in [0.15, 0.2) is 22.5 Å². The van der Waals surface area contributed by atoms with Gasteiger partial charge >= 0.3 is 0 Å². The molecule has 2 rings (SSSR count). The van der Waals surface area contributed by atoms with Gasteiger partial charge in [-0.05, 0) is 24.1 Å². The van der Waals surface area contributed by atoms with Crippen LogP contribution in [0.3, 0.4) is 0 Å². The SMILES string of the molecule is CCC(CC)CS(=O)(=O)c1nc2ccc(N)cc2s1. The molecule has 4 nitrogen and oxygen atoms in total. The van der Waals surface area contributed by atoms with Crippen molar-refractivity contribution < 1.29 is 8.42 Å². The second-order valence-corrected chi connectivity index (χ2v) is 7.91. The normalized spacial score (nSPS) is 12.4. The summed E-state index contributed by atoms with van der Waals surface area (Å²) in [5, 5.41) is 0. The van der Waals surface area contributed by atoms with E-state index in [0.717, 1.165) is 17.5 Å². The lowest BCUT2D eigenvalue weighted by Gasteiger charge is -2.10. The first-order chi connectivity index (χ1) is 8.96. The number of rotatable bonds is 5. The Morgan fingerprint density at radius 1 is 1.32 bits per heavy atom. The maximum atomic E-state index is 12.3. The van der Waals surface area contributed by atoms with Gasteiger partial charge in [0.25, 0.3) is 0 Å². The summed E-state index contributed by atoms with van der Waals surface area (Å²) in [6.45, 7) is 4.03. The quantitative estimate of drug-likeness (QED) is 0.861. The number of nitrogens with zero attached hydrogens (tertiary/aromatic N) is 1. The molecule has 0 bridgehead atoms. The number of thiazole rings is 1. The van der Waals surface area contributed by atoms with E-state index in [0.29, 0.717) is 11.2 Å². The number of sulfone groups is 1. The van der Waals surface area contributed by atoms with Crippen LogP contribution < -0.4 is 5.73 Å². The van der Waals surface area contributed by atoms with Gasteiger partial charge in [0.2, 0.25) is 14.2 Å². The van der Waals surface area contributed by atoms with E-state index in [4.69, 9.17) is 5.73 Å². The van der Waals surface area contributed by atoms with Crippen molar-refractivity contribution in [2.24, 2.45) is 5.92 Å². The monoisotopic (exact) mass is 298 g/mol. The van der Waals surface area contributed by atoms with Crippen molar-refractivity contribution in [3.8, 4) is 0 Å². The second kappa shape index (κ2) is 5.46. The van der Waals surface area contributed by atoms with Gasteiger partial charge in [-0.1, -0.05) is 26.7 Å². The van der Waals surface area contributed by atoms with E-state index >= 15 is 0 Å². The Kier molecular flexibility index (Phi) is 4.10. The molecule has 1 aromatic carbocycles. The summed E-state index contributed by atoms with van der Waals surface area (Å²) in [5.74, 6) is 0.372. The smallest absolute Gasteiger partial charge is 0.210 e. The topological polar surface area (TPSA) is 73.0 Å². The fraction of sp³-hybridized carbons (Fsp3) is 0.462. The minimum absolute atomic E-state index is 0.176. The summed E-state index contributed by atoms with van der Waals surface area (Å²) in [6, 6.07) is 5.26. The highest BCUT2D eigenvalue weighted by atomic mass is 32.2. The lowest BCUT2D eigenvalue weighted by molar-refractivity contribution is 0.523. The Morgan fingerprint density at radius 3 is 2.63 bits per heavy atom. The van der Waals surface area contributed by atoms with Crippen LogP contribution in [0.25, 0.3) is 10.2 Å². The number of benzene rings is 1. The number of fused-ring (bicyclic) bond motifs is 1. The first-order valence-electron chi connectivity index (χ1n) is 6.35. The molecule has 0 aliphatic carbocycles. The molecular weight excluding hydrogens is 280 g/mol. The van der Waals surface area contributed by atoms with Gasteiger partial charge in [-0.2, -0.15) is 0 Å². The molecule has 0 spiro atoms. The Morgan fingerprint density at radius 2 is 2.00 bits per heavy atom. The van der Waals surface area contributed by atoms with Gasteiger partial charge < -0.3 is 5.73 Å². The molecule has 1 aromatic heterocycles. The minimum atomic E-state index is -3.29.